The van der Waals surface area contributed by atoms with E-state index in [1.165, 1.54) is 31.2 Å². The molecule has 0 fully saturated rings. The second kappa shape index (κ2) is 45.3. The van der Waals surface area contributed by atoms with E-state index in [0.717, 1.165) is 81.5 Å². The van der Waals surface area contributed by atoms with E-state index in [1.54, 1.807) is 47.7 Å². The Balaban J connectivity index is 0.000000567. The SMILES string of the molecule is CC(=O)C=C(C)O.Cc1c(-c2[c-]cc(F)cc2F)ncn1C.Cc1c(-c2[c-]cccc2)ncn1C.Cn1cnc(-c2[c-]cc(F)cc2F)c1.Cn1cnc(-c2[c-]cccc2)c1.Cn1cnc(-c2[c-]cccc2)c1.[Ir].[Ir].[Ir].[Ir].[Ir].[Ir].[c-]1ccccc1-c1cn(Cc2ccccc2)cn1. The fraction of sp³-hybridized carbons (Fsp3) is 0.137. The summed E-state index contributed by atoms with van der Waals surface area (Å²) in [5, 5.41) is 8.36. The Kier molecular flexibility index (Phi) is 40.9. The minimum Gasteiger partial charge on any atom is -0.512 e. The van der Waals surface area contributed by atoms with Gasteiger partial charge in [-0.3, -0.25) is 52.3 Å². The molecule has 0 aliphatic carbocycles. The van der Waals surface area contributed by atoms with Crippen molar-refractivity contribution in [1.29, 1.82) is 0 Å². The molecule has 0 atom stereocenters. The van der Waals surface area contributed by atoms with Crippen LogP contribution in [0.15, 0.2) is 226 Å². The van der Waals surface area contributed by atoms with Gasteiger partial charge in [0, 0.05) is 226 Å². The van der Waals surface area contributed by atoms with Crippen LogP contribution in [-0.4, -0.2) is 68.2 Å². The first-order valence-corrected chi connectivity index (χ1v) is 28.3. The van der Waals surface area contributed by atoms with Crippen LogP contribution >= 0.6 is 0 Å². The molecule has 0 amide bonds. The van der Waals surface area contributed by atoms with Crippen molar-refractivity contribution in [3.05, 3.63) is 303 Å². The molecule has 6 radical (unpaired) electrons. The summed E-state index contributed by atoms with van der Waals surface area (Å²) in [6.45, 7) is 7.57. The molecule has 24 heteroatoms. The molecule has 0 saturated carbocycles. The van der Waals surface area contributed by atoms with Crippen LogP contribution in [0, 0.1) is 73.5 Å². The number of carbonyl (C=O) groups excluding carboxylic acids is 1. The Morgan fingerprint density at radius 1 is 0.443 bits per heavy atom. The van der Waals surface area contributed by atoms with Crippen molar-refractivity contribution in [1.82, 2.24) is 57.3 Å². The third-order valence-corrected chi connectivity index (χ3v) is 13.0. The zero-order valence-corrected chi connectivity index (χ0v) is 68.1. The molecule has 1 N–H and O–H groups in total. The van der Waals surface area contributed by atoms with E-state index >= 15 is 0 Å². The van der Waals surface area contributed by atoms with Gasteiger partial charge in [0.25, 0.3) is 0 Å². The molecule has 6 aromatic heterocycles. The molecule has 97 heavy (non-hydrogen) atoms. The Hall–Kier alpha value is -7.37. The normalized spacial score (nSPS) is 9.80. The number of aromatic nitrogens is 12. The summed E-state index contributed by atoms with van der Waals surface area (Å²) in [7, 11) is 9.50. The maximum atomic E-state index is 13.4. The van der Waals surface area contributed by atoms with E-state index in [-0.39, 0.29) is 143 Å². The Morgan fingerprint density at radius 2 is 0.814 bits per heavy atom. The summed E-state index contributed by atoms with van der Waals surface area (Å²) in [5.41, 5.74) is 12.7. The van der Waals surface area contributed by atoms with Gasteiger partial charge in [0.05, 0.1) is 43.7 Å². The van der Waals surface area contributed by atoms with Gasteiger partial charge in [-0.15, -0.1) is 168 Å². The molecule has 14 nitrogen and oxygen atoms in total. The number of rotatable bonds is 9. The Morgan fingerprint density at radius 3 is 1.15 bits per heavy atom. The van der Waals surface area contributed by atoms with Crippen LogP contribution in [0.25, 0.3) is 67.5 Å². The molecular weight excluding hydrogens is 2310 g/mol. The number of nitrogens with zero attached hydrogens (tertiary/aromatic N) is 12. The average molecular weight is 2370 g/mol. The third-order valence-electron chi connectivity index (χ3n) is 13.0. The second-order valence-corrected chi connectivity index (χ2v) is 20.4. The first-order chi connectivity index (χ1) is 43.8. The molecule has 518 valence electrons. The van der Waals surface area contributed by atoms with E-state index in [4.69, 9.17) is 5.11 Å². The van der Waals surface area contributed by atoms with Crippen molar-refractivity contribution in [2.24, 2.45) is 35.2 Å². The second-order valence-electron chi connectivity index (χ2n) is 20.4. The van der Waals surface area contributed by atoms with Gasteiger partial charge in [-0.05, 0) is 69.4 Å². The number of benzene rings is 7. The van der Waals surface area contributed by atoms with Gasteiger partial charge in [0.2, 0.25) is 0 Å². The van der Waals surface area contributed by atoms with Crippen molar-refractivity contribution >= 4 is 5.78 Å². The minimum atomic E-state index is -0.649. The van der Waals surface area contributed by atoms with Crippen LogP contribution in [-0.2, 0) is 167 Å². The third kappa shape index (κ3) is 28.5. The monoisotopic (exact) mass is 2380 g/mol. The Labute approximate surface area is 645 Å². The molecule has 0 aliphatic rings. The fourth-order valence-corrected chi connectivity index (χ4v) is 8.28. The van der Waals surface area contributed by atoms with Crippen molar-refractivity contribution in [3.63, 3.8) is 0 Å². The van der Waals surface area contributed by atoms with Crippen LogP contribution < -0.4 is 0 Å². The number of ketones is 1. The van der Waals surface area contributed by atoms with Crippen LogP contribution in [0.1, 0.15) is 30.8 Å². The van der Waals surface area contributed by atoms with Crippen molar-refractivity contribution in [3.8, 4) is 67.5 Å². The molecule has 0 bridgehead atoms. The van der Waals surface area contributed by atoms with E-state index in [0.29, 0.717) is 11.4 Å². The van der Waals surface area contributed by atoms with Crippen LogP contribution in [0.5, 0.6) is 0 Å². The molecule has 0 saturated heterocycles. The predicted molar refractivity (Wildman–Crippen MR) is 346 cm³/mol. The van der Waals surface area contributed by atoms with Crippen LogP contribution in [0.4, 0.5) is 17.6 Å². The predicted octanol–water partition coefficient (Wildman–Crippen LogP) is 15.0. The summed E-state index contributed by atoms with van der Waals surface area (Å²) >= 11 is 0. The van der Waals surface area contributed by atoms with Gasteiger partial charge in [0.15, 0.2) is 5.78 Å². The molecule has 0 spiro atoms. The summed E-state index contributed by atoms with van der Waals surface area (Å²) in [4.78, 5) is 35.2. The quantitative estimate of drug-likeness (QED) is 0.0651. The number of halogens is 4. The smallest absolute Gasteiger partial charge is 0.155 e. The van der Waals surface area contributed by atoms with Gasteiger partial charge in [0.1, 0.15) is 0 Å². The standard InChI is InChI=1S/C16H13N2.C11H9F2N2.C11H11N2.C10H7F2N2.2C10H9N2.C5H8O2.6Ir/c1-3-7-14(8-4-1)11-18-12-16(17-13-18)15-9-5-2-6-10-15;1-7-11(14-6-15(7)2)9-4-3-8(12)5-10(9)13;1-9-11(12-8-13(9)2)10-6-4-3-5-7-10;1-14-5-10(13-6-14)8-3-2-7(11)4-9(8)12;2*1-12-7-10(11-8-12)9-5-3-2-4-6-9;1-4(6)3-5(2)7;;;;;;/h1-9,12-13H,11H2;3,5-6H,1-2H3;3-6,8H,1-2H3;2,4-6H,1H3;2*2-5,7-8H,1H3;3,6H,1-2H3;;;;;;/q6*-1;;;;;;;. The van der Waals surface area contributed by atoms with Crippen molar-refractivity contribution < 1.29 is 148 Å². The van der Waals surface area contributed by atoms with E-state index in [2.05, 4.69) is 108 Å². The van der Waals surface area contributed by atoms with E-state index in [9.17, 15) is 22.4 Å². The molecule has 6 heterocycles. The Bertz CT molecular complexity index is 4300. The maximum Gasteiger partial charge on any atom is 0.155 e. The van der Waals surface area contributed by atoms with Gasteiger partial charge in [-0.25, -0.2) is 0 Å². The number of carbonyl (C=O) groups is 1. The molecule has 13 aromatic rings. The summed E-state index contributed by atoms with van der Waals surface area (Å²) in [6, 6.07) is 63.3. The number of hydrogen-bond donors (Lipinski definition) is 1. The first-order valence-electron chi connectivity index (χ1n) is 28.3. The van der Waals surface area contributed by atoms with Crippen LogP contribution in [0.2, 0.25) is 0 Å². The molecule has 13 rings (SSSR count). The van der Waals surface area contributed by atoms with Gasteiger partial charge in [-0.1, -0.05) is 53.6 Å². The van der Waals surface area contributed by atoms with Crippen LogP contribution in [0.3, 0.4) is 0 Å². The van der Waals surface area contributed by atoms with E-state index in [1.807, 2.05) is 177 Å². The zero-order valence-electron chi connectivity index (χ0n) is 53.7. The first kappa shape index (κ1) is 87.6. The van der Waals surface area contributed by atoms with Gasteiger partial charge < -0.3 is 32.5 Å². The number of aliphatic hydroxyl groups excluding tert-OH is 1. The largest absolute Gasteiger partial charge is 0.512 e. The molecule has 7 aromatic carbocycles. The topological polar surface area (TPSA) is 144 Å². The van der Waals surface area contributed by atoms with Gasteiger partial charge >= 0.3 is 0 Å². The van der Waals surface area contributed by atoms with Crippen molar-refractivity contribution in [2.45, 2.75) is 34.2 Å². The average Bonchev–Trinajstić information content (AvgIpc) is 1.74. The summed E-state index contributed by atoms with van der Waals surface area (Å²) in [5.74, 6) is -2.62. The number of aryl methyl sites for hydroxylation is 5. The van der Waals surface area contributed by atoms with Crippen molar-refractivity contribution in [2.75, 3.05) is 0 Å². The number of allylic oxidation sites excluding steroid dienone is 2. The van der Waals surface area contributed by atoms with Gasteiger partial charge in [-0.2, -0.15) is 0 Å². The summed E-state index contributed by atoms with van der Waals surface area (Å²) < 4.78 is 63.3. The number of hydrogen-bond acceptors (Lipinski definition) is 8. The summed E-state index contributed by atoms with van der Waals surface area (Å²) in [6.07, 6.45) is 19.2. The zero-order chi connectivity index (χ0) is 65.2. The molecule has 0 aliphatic heterocycles. The molecule has 0 unspecified atom stereocenters. The molecular formula is C73H66F4Ir6N12O2-6. The minimum absolute atomic E-state index is 0. The number of imidazole rings is 6. The number of aliphatic hydroxyl groups is 1. The maximum absolute atomic E-state index is 13.4. The van der Waals surface area contributed by atoms with E-state index < -0.39 is 23.3 Å². The fourth-order valence-electron chi connectivity index (χ4n) is 8.28.